The zero-order valence-electron chi connectivity index (χ0n) is 19.6. The fourth-order valence-corrected chi connectivity index (χ4v) is 4.99. The summed E-state index contributed by atoms with van der Waals surface area (Å²) in [5, 5.41) is 0. The van der Waals surface area contributed by atoms with Crippen molar-refractivity contribution in [1.29, 1.82) is 0 Å². The van der Waals surface area contributed by atoms with E-state index in [2.05, 4.69) is 86.6 Å². The highest BCUT2D eigenvalue weighted by Crippen LogP contribution is 2.54. The van der Waals surface area contributed by atoms with Crippen LogP contribution in [0.4, 0.5) is 0 Å². The van der Waals surface area contributed by atoms with Crippen LogP contribution in [0, 0.1) is 0 Å². The third-order valence-corrected chi connectivity index (χ3v) is 6.70. The van der Waals surface area contributed by atoms with E-state index in [1.807, 2.05) is 24.3 Å². The summed E-state index contributed by atoms with van der Waals surface area (Å²) >= 11 is 0. The fraction of sp³-hybridized carbons (Fsp3) is 0.161. The summed E-state index contributed by atoms with van der Waals surface area (Å²) in [5.41, 5.74) is 9.97. The van der Waals surface area contributed by atoms with Gasteiger partial charge in [0.15, 0.2) is 0 Å². The summed E-state index contributed by atoms with van der Waals surface area (Å²) in [7, 11) is 3.41. The van der Waals surface area contributed by atoms with Gasteiger partial charge >= 0.3 is 0 Å². The molecule has 0 aromatic heterocycles. The summed E-state index contributed by atoms with van der Waals surface area (Å²) in [6, 6.07) is 34.3. The van der Waals surface area contributed by atoms with Gasteiger partial charge in [0.25, 0.3) is 0 Å². The van der Waals surface area contributed by atoms with Gasteiger partial charge in [0, 0.05) is 5.41 Å². The van der Waals surface area contributed by atoms with Crippen molar-refractivity contribution in [3.05, 3.63) is 119 Å². The molecule has 0 radical (unpaired) electrons. The smallest absolute Gasteiger partial charge is 0.118 e. The Morgan fingerprint density at radius 2 is 1.09 bits per heavy atom. The van der Waals surface area contributed by atoms with Gasteiger partial charge in [-0.1, -0.05) is 80.6 Å². The summed E-state index contributed by atoms with van der Waals surface area (Å²) in [5.74, 6) is 1.73. The SMILES string of the molecule is COc1ccc(C2=C(c3ccc(OC)cc3)C(C)(C)c3cc(-c4ccccc4)ccc32)cc1. The summed E-state index contributed by atoms with van der Waals surface area (Å²) in [4.78, 5) is 0. The van der Waals surface area contributed by atoms with Crippen molar-refractivity contribution in [3.63, 3.8) is 0 Å². The minimum Gasteiger partial charge on any atom is -0.497 e. The largest absolute Gasteiger partial charge is 0.497 e. The monoisotopic (exact) mass is 432 g/mol. The Morgan fingerprint density at radius 1 is 0.545 bits per heavy atom. The second-order valence-corrected chi connectivity index (χ2v) is 8.96. The lowest BCUT2D eigenvalue weighted by Crippen LogP contribution is -2.16. The Balaban J connectivity index is 1.73. The van der Waals surface area contributed by atoms with Crippen molar-refractivity contribution in [2.75, 3.05) is 14.2 Å². The van der Waals surface area contributed by atoms with E-state index in [0.29, 0.717) is 0 Å². The third-order valence-electron chi connectivity index (χ3n) is 6.70. The first kappa shape index (κ1) is 21.1. The maximum atomic E-state index is 5.42. The van der Waals surface area contributed by atoms with Crippen LogP contribution < -0.4 is 9.47 Å². The van der Waals surface area contributed by atoms with Crippen molar-refractivity contribution < 1.29 is 9.47 Å². The standard InChI is InChI=1S/C31H28O2/c1-31(2)28-20-24(21-8-6-5-7-9-21)14-19-27(28)29(22-10-15-25(32-3)16-11-22)30(31)23-12-17-26(33-4)18-13-23/h5-20H,1-4H3. The Kier molecular flexibility index (Phi) is 5.30. The van der Waals surface area contributed by atoms with Gasteiger partial charge in [0.1, 0.15) is 11.5 Å². The van der Waals surface area contributed by atoms with Crippen LogP contribution in [0.15, 0.2) is 97.1 Å². The number of methoxy groups -OCH3 is 2. The molecule has 164 valence electrons. The number of hydrogen-bond acceptors (Lipinski definition) is 2. The lowest BCUT2D eigenvalue weighted by Gasteiger charge is -2.26. The molecular formula is C31H28O2. The maximum Gasteiger partial charge on any atom is 0.118 e. The Hall–Kier alpha value is -3.78. The van der Waals surface area contributed by atoms with E-state index < -0.39 is 0 Å². The molecule has 5 rings (SSSR count). The van der Waals surface area contributed by atoms with E-state index >= 15 is 0 Å². The second kappa shape index (κ2) is 8.29. The number of fused-ring (bicyclic) bond motifs is 1. The molecule has 0 spiro atoms. The molecule has 4 aromatic carbocycles. The van der Waals surface area contributed by atoms with Crippen LogP contribution in [0.5, 0.6) is 11.5 Å². The Labute approximate surface area is 196 Å². The first-order chi connectivity index (χ1) is 16.0. The molecule has 0 amide bonds. The molecule has 0 fully saturated rings. The molecule has 2 heteroatoms. The highest BCUT2D eigenvalue weighted by Gasteiger charge is 2.39. The average molecular weight is 433 g/mol. The van der Waals surface area contributed by atoms with Crippen molar-refractivity contribution >= 4 is 11.1 Å². The van der Waals surface area contributed by atoms with Gasteiger partial charge in [-0.25, -0.2) is 0 Å². The molecule has 0 atom stereocenters. The van der Waals surface area contributed by atoms with Gasteiger partial charge in [-0.05, 0) is 74.9 Å². The van der Waals surface area contributed by atoms with Gasteiger partial charge in [-0.15, -0.1) is 0 Å². The minimum atomic E-state index is -0.163. The molecule has 0 heterocycles. The normalized spacial score (nSPS) is 14.2. The van der Waals surface area contributed by atoms with Crippen LogP contribution in [0.2, 0.25) is 0 Å². The Bertz CT molecular complexity index is 1310. The molecule has 4 aromatic rings. The lowest BCUT2D eigenvalue weighted by atomic mass is 9.77. The van der Waals surface area contributed by atoms with Crippen LogP contribution in [0.1, 0.15) is 36.1 Å². The lowest BCUT2D eigenvalue weighted by molar-refractivity contribution is 0.414. The number of allylic oxidation sites excluding steroid dienone is 1. The molecular weight excluding hydrogens is 404 g/mol. The quantitative estimate of drug-likeness (QED) is 0.323. The zero-order valence-corrected chi connectivity index (χ0v) is 19.6. The van der Waals surface area contributed by atoms with Crippen LogP contribution in [0.25, 0.3) is 22.3 Å². The first-order valence-corrected chi connectivity index (χ1v) is 11.3. The van der Waals surface area contributed by atoms with E-state index in [1.165, 1.54) is 44.5 Å². The van der Waals surface area contributed by atoms with Crippen molar-refractivity contribution in [1.82, 2.24) is 0 Å². The van der Waals surface area contributed by atoms with E-state index in [9.17, 15) is 0 Å². The topological polar surface area (TPSA) is 18.5 Å². The van der Waals surface area contributed by atoms with E-state index in [4.69, 9.17) is 9.47 Å². The van der Waals surface area contributed by atoms with Crippen molar-refractivity contribution in [3.8, 4) is 22.6 Å². The van der Waals surface area contributed by atoms with Crippen LogP contribution >= 0.6 is 0 Å². The van der Waals surface area contributed by atoms with Gasteiger partial charge in [0.05, 0.1) is 14.2 Å². The number of rotatable bonds is 5. The highest BCUT2D eigenvalue weighted by molar-refractivity contribution is 6.07. The maximum absolute atomic E-state index is 5.42. The van der Waals surface area contributed by atoms with Crippen molar-refractivity contribution in [2.24, 2.45) is 0 Å². The van der Waals surface area contributed by atoms with Crippen LogP contribution in [0.3, 0.4) is 0 Å². The minimum absolute atomic E-state index is 0.163. The molecule has 0 bridgehead atoms. The molecule has 0 unspecified atom stereocenters. The van der Waals surface area contributed by atoms with Crippen molar-refractivity contribution in [2.45, 2.75) is 19.3 Å². The summed E-state index contributed by atoms with van der Waals surface area (Å²) in [6.07, 6.45) is 0. The van der Waals surface area contributed by atoms with Gasteiger partial charge < -0.3 is 9.47 Å². The first-order valence-electron chi connectivity index (χ1n) is 11.3. The second-order valence-electron chi connectivity index (χ2n) is 8.96. The number of benzene rings is 4. The summed E-state index contributed by atoms with van der Waals surface area (Å²) in [6.45, 7) is 4.66. The molecule has 0 saturated heterocycles. The average Bonchev–Trinajstić information content (AvgIpc) is 3.11. The highest BCUT2D eigenvalue weighted by atomic mass is 16.5. The van der Waals surface area contributed by atoms with E-state index in [1.54, 1.807) is 14.2 Å². The van der Waals surface area contributed by atoms with Gasteiger partial charge in [-0.3, -0.25) is 0 Å². The fourth-order valence-electron chi connectivity index (χ4n) is 4.99. The molecule has 1 aliphatic rings. The Morgan fingerprint density at radius 3 is 1.67 bits per heavy atom. The van der Waals surface area contributed by atoms with Gasteiger partial charge in [0.2, 0.25) is 0 Å². The molecule has 2 nitrogen and oxygen atoms in total. The summed E-state index contributed by atoms with van der Waals surface area (Å²) < 4.78 is 10.8. The van der Waals surface area contributed by atoms with E-state index in [0.717, 1.165) is 11.5 Å². The van der Waals surface area contributed by atoms with E-state index in [-0.39, 0.29) is 5.41 Å². The predicted octanol–water partition coefficient (Wildman–Crippen LogP) is 7.62. The molecule has 1 aliphatic carbocycles. The molecule has 0 aliphatic heterocycles. The molecule has 0 saturated carbocycles. The zero-order chi connectivity index (χ0) is 23.0. The number of ether oxygens (including phenoxy) is 2. The molecule has 0 N–H and O–H groups in total. The third kappa shape index (κ3) is 3.62. The molecule has 33 heavy (non-hydrogen) atoms. The predicted molar refractivity (Wildman–Crippen MR) is 137 cm³/mol. The van der Waals surface area contributed by atoms with Gasteiger partial charge in [-0.2, -0.15) is 0 Å². The van der Waals surface area contributed by atoms with Crippen LogP contribution in [-0.4, -0.2) is 14.2 Å². The number of hydrogen-bond donors (Lipinski definition) is 0. The van der Waals surface area contributed by atoms with Crippen LogP contribution in [-0.2, 0) is 5.41 Å².